The molecule has 4 rings (SSSR count). The molecule has 1 atom stereocenters. The molecular weight excluding hydrogens is 397 g/mol. The van der Waals surface area contributed by atoms with E-state index in [0.717, 1.165) is 11.9 Å². The Bertz CT molecular complexity index is 884. The van der Waals surface area contributed by atoms with Gasteiger partial charge in [0.05, 0.1) is 11.4 Å². The van der Waals surface area contributed by atoms with Crippen LogP contribution in [0.4, 0.5) is 14.9 Å². The first-order valence-electron chi connectivity index (χ1n) is 9.59. The van der Waals surface area contributed by atoms with Crippen molar-refractivity contribution in [3.63, 3.8) is 0 Å². The summed E-state index contributed by atoms with van der Waals surface area (Å²) in [6, 6.07) is 5.36. The van der Waals surface area contributed by atoms with E-state index in [1.165, 1.54) is 11.0 Å². The summed E-state index contributed by atoms with van der Waals surface area (Å²) in [6.07, 6.45) is 0.663. The highest BCUT2D eigenvalue weighted by Gasteiger charge is 2.44. The molecule has 0 bridgehead atoms. The first-order valence-corrected chi connectivity index (χ1v) is 10.4. The predicted octanol–water partition coefficient (Wildman–Crippen LogP) is 1.27. The zero-order valence-electron chi connectivity index (χ0n) is 16.0. The summed E-state index contributed by atoms with van der Waals surface area (Å²) in [7, 11) is 0. The van der Waals surface area contributed by atoms with Crippen LogP contribution >= 0.6 is 11.9 Å². The van der Waals surface area contributed by atoms with Crippen LogP contribution in [0.2, 0.25) is 0 Å². The van der Waals surface area contributed by atoms with Gasteiger partial charge in [-0.15, -0.1) is 0 Å². The Morgan fingerprint density at radius 3 is 2.62 bits per heavy atom. The number of fused-ring (bicyclic) bond motifs is 1. The average Bonchev–Trinajstić information content (AvgIpc) is 3.15. The number of urea groups is 1. The number of halogens is 1. The maximum absolute atomic E-state index is 14.0. The molecule has 2 saturated heterocycles. The highest BCUT2D eigenvalue weighted by molar-refractivity contribution is 8.02. The summed E-state index contributed by atoms with van der Waals surface area (Å²) >= 11 is 1.08. The summed E-state index contributed by atoms with van der Waals surface area (Å²) < 4.78 is 17.0. The number of hydrogen-bond acceptors (Lipinski definition) is 6. The Balaban J connectivity index is 1.46. The standard InChI is InChI=1S/C19H22FN5O3S/c1-2-7-25-17(26)15-14(21-19(25)28)16(29-22-15)18(27)24-10-8-23(9-11-24)13-6-4-3-5-12(13)20/h3-6,15,22H,2,7-11H2,1H3,(H,21,28). The summed E-state index contributed by atoms with van der Waals surface area (Å²) in [5, 5.41) is 2.71. The highest BCUT2D eigenvalue weighted by Crippen LogP contribution is 2.32. The van der Waals surface area contributed by atoms with Gasteiger partial charge in [-0.25, -0.2) is 13.9 Å². The van der Waals surface area contributed by atoms with Crippen LogP contribution in [0.1, 0.15) is 13.3 Å². The number of para-hydroxylation sites is 1. The van der Waals surface area contributed by atoms with Crippen LogP contribution in [-0.4, -0.2) is 66.4 Å². The number of hydrogen-bond donors (Lipinski definition) is 2. The van der Waals surface area contributed by atoms with Gasteiger partial charge in [-0.1, -0.05) is 19.1 Å². The minimum Gasteiger partial charge on any atom is -0.366 e. The fourth-order valence-electron chi connectivity index (χ4n) is 3.70. The van der Waals surface area contributed by atoms with Crippen LogP contribution in [0.25, 0.3) is 0 Å². The van der Waals surface area contributed by atoms with E-state index < -0.39 is 12.1 Å². The van der Waals surface area contributed by atoms with Crippen LogP contribution < -0.4 is 14.9 Å². The summed E-state index contributed by atoms with van der Waals surface area (Å²) in [5.74, 6) is -0.855. The molecule has 3 aliphatic heterocycles. The number of carbonyl (C=O) groups is 3. The average molecular weight is 419 g/mol. The van der Waals surface area contributed by atoms with Crippen molar-refractivity contribution < 1.29 is 18.8 Å². The number of amides is 4. The Kier molecular flexibility index (Phi) is 5.46. The van der Waals surface area contributed by atoms with E-state index in [2.05, 4.69) is 10.0 Å². The Morgan fingerprint density at radius 2 is 1.93 bits per heavy atom. The lowest BCUT2D eigenvalue weighted by Gasteiger charge is -2.36. The number of rotatable bonds is 4. The smallest absolute Gasteiger partial charge is 0.328 e. The lowest BCUT2D eigenvalue weighted by molar-refractivity contribution is -0.130. The van der Waals surface area contributed by atoms with E-state index in [4.69, 9.17) is 0 Å². The fraction of sp³-hybridized carbons (Fsp3) is 0.421. The number of piperazine rings is 1. The third-order valence-electron chi connectivity index (χ3n) is 5.21. The lowest BCUT2D eigenvalue weighted by Crippen LogP contribution is -2.58. The largest absolute Gasteiger partial charge is 0.366 e. The molecule has 1 aromatic carbocycles. The molecule has 2 N–H and O–H groups in total. The summed E-state index contributed by atoms with van der Waals surface area (Å²) in [5.41, 5.74) is 0.860. The Labute approximate surface area is 172 Å². The quantitative estimate of drug-likeness (QED) is 0.715. The molecule has 1 unspecified atom stereocenters. The molecule has 0 spiro atoms. The van der Waals surface area contributed by atoms with E-state index in [0.29, 0.717) is 55.4 Å². The van der Waals surface area contributed by atoms with Crippen molar-refractivity contribution >= 4 is 35.5 Å². The van der Waals surface area contributed by atoms with Crippen molar-refractivity contribution in [3.8, 4) is 0 Å². The second kappa shape index (κ2) is 8.03. The molecule has 0 aromatic heterocycles. The van der Waals surface area contributed by atoms with E-state index >= 15 is 0 Å². The molecule has 3 heterocycles. The van der Waals surface area contributed by atoms with Gasteiger partial charge >= 0.3 is 6.03 Å². The number of anilines is 1. The molecule has 1 aromatic rings. The van der Waals surface area contributed by atoms with Gasteiger partial charge < -0.3 is 15.1 Å². The minimum atomic E-state index is -0.720. The van der Waals surface area contributed by atoms with Crippen LogP contribution in [-0.2, 0) is 9.59 Å². The monoisotopic (exact) mass is 419 g/mol. The molecule has 4 amide bonds. The van der Waals surface area contributed by atoms with Gasteiger partial charge in [0.15, 0.2) is 0 Å². The van der Waals surface area contributed by atoms with Gasteiger partial charge in [-0.3, -0.25) is 14.5 Å². The molecule has 8 nitrogen and oxygen atoms in total. The van der Waals surface area contributed by atoms with Crippen LogP contribution in [0.3, 0.4) is 0 Å². The third kappa shape index (κ3) is 3.58. The van der Waals surface area contributed by atoms with Gasteiger partial charge in [-0.05, 0) is 30.5 Å². The van der Waals surface area contributed by atoms with Gasteiger partial charge in [-0.2, -0.15) is 0 Å². The number of carbonyl (C=O) groups excluding carboxylic acids is 3. The van der Waals surface area contributed by atoms with Gasteiger partial charge in [0.2, 0.25) is 0 Å². The first kappa shape index (κ1) is 19.7. The third-order valence-corrected chi connectivity index (χ3v) is 6.17. The van der Waals surface area contributed by atoms with Crippen LogP contribution in [0.5, 0.6) is 0 Å². The number of nitrogens with one attached hydrogen (secondary N) is 2. The zero-order chi connectivity index (χ0) is 20.5. The lowest BCUT2D eigenvalue weighted by atomic mass is 10.1. The maximum atomic E-state index is 14.0. The summed E-state index contributed by atoms with van der Waals surface area (Å²) in [6.45, 7) is 4.09. The van der Waals surface area contributed by atoms with Crippen LogP contribution in [0.15, 0.2) is 34.9 Å². The molecule has 0 saturated carbocycles. The normalized spacial score (nSPS) is 22.1. The minimum absolute atomic E-state index is 0.231. The zero-order valence-corrected chi connectivity index (χ0v) is 16.8. The van der Waals surface area contributed by atoms with E-state index in [-0.39, 0.29) is 17.6 Å². The van der Waals surface area contributed by atoms with Crippen molar-refractivity contribution in [2.45, 2.75) is 19.4 Å². The molecule has 0 radical (unpaired) electrons. The van der Waals surface area contributed by atoms with Crippen molar-refractivity contribution in [2.24, 2.45) is 0 Å². The van der Waals surface area contributed by atoms with Crippen molar-refractivity contribution in [2.75, 3.05) is 37.6 Å². The Hall–Kier alpha value is -2.59. The van der Waals surface area contributed by atoms with Crippen molar-refractivity contribution in [1.82, 2.24) is 19.8 Å². The van der Waals surface area contributed by atoms with Gasteiger partial charge in [0.1, 0.15) is 16.8 Å². The Morgan fingerprint density at radius 1 is 1.21 bits per heavy atom. The maximum Gasteiger partial charge on any atom is 0.328 e. The molecule has 3 aliphatic rings. The second-order valence-electron chi connectivity index (χ2n) is 7.05. The van der Waals surface area contributed by atoms with E-state index in [1.54, 1.807) is 23.1 Å². The van der Waals surface area contributed by atoms with E-state index in [9.17, 15) is 18.8 Å². The number of nitrogens with zero attached hydrogens (tertiary/aromatic N) is 3. The SMILES string of the molecule is CCCN1C(=O)NC2=C(C(=O)N3CCN(c4ccccc4F)CC3)SNC2C1=O. The van der Waals surface area contributed by atoms with E-state index in [1.807, 2.05) is 11.8 Å². The topological polar surface area (TPSA) is 85.0 Å². The number of imide groups is 1. The number of benzene rings is 1. The molecule has 29 heavy (non-hydrogen) atoms. The molecule has 10 heteroatoms. The van der Waals surface area contributed by atoms with Crippen molar-refractivity contribution in [3.05, 3.63) is 40.7 Å². The van der Waals surface area contributed by atoms with Gasteiger partial charge in [0.25, 0.3) is 11.8 Å². The summed E-state index contributed by atoms with van der Waals surface area (Å²) in [4.78, 5) is 43.0. The molecular formula is C19H22FN5O3S. The van der Waals surface area contributed by atoms with Crippen LogP contribution in [0, 0.1) is 5.82 Å². The van der Waals surface area contributed by atoms with Gasteiger partial charge in [0, 0.05) is 32.7 Å². The molecule has 154 valence electrons. The second-order valence-corrected chi connectivity index (χ2v) is 7.89. The molecule has 0 aliphatic carbocycles. The highest BCUT2D eigenvalue weighted by atomic mass is 32.2. The van der Waals surface area contributed by atoms with Crippen molar-refractivity contribution in [1.29, 1.82) is 0 Å². The molecule has 2 fully saturated rings. The predicted molar refractivity (Wildman–Crippen MR) is 107 cm³/mol. The first-order chi connectivity index (χ1) is 14.0. The fourth-order valence-corrected chi connectivity index (χ4v) is 4.65.